The topological polar surface area (TPSA) is 115 Å². The maximum absolute atomic E-state index is 12.3. The zero-order valence-corrected chi connectivity index (χ0v) is 15.9. The van der Waals surface area contributed by atoms with E-state index in [0.717, 1.165) is 5.56 Å². The van der Waals surface area contributed by atoms with Crippen LogP contribution in [0.1, 0.15) is 19.5 Å². The van der Waals surface area contributed by atoms with Crippen molar-refractivity contribution >= 4 is 34.0 Å². The van der Waals surface area contributed by atoms with Gasteiger partial charge in [0.1, 0.15) is 0 Å². The maximum Gasteiger partial charge on any atom is 0.230 e. The second-order valence-electron chi connectivity index (χ2n) is 6.22. The molecule has 3 rings (SSSR count). The summed E-state index contributed by atoms with van der Waals surface area (Å²) in [6.07, 6.45) is 0.115. The van der Waals surface area contributed by atoms with Gasteiger partial charge in [0.2, 0.25) is 11.8 Å². The van der Waals surface area contributed by atoms with Crippen LogP contribution >= 0.6 is 11.3 Å². The fourth-order valence-corrected chi connectivity index (χ4v) is 2.99. The standard InChI is InChI=1S/C17H19N7O2S/c1-10(2)16(26)20-17-19-13(9-27-17)8-14(25)18-12-6-4-5-11(7-12)15-21-22-23-24(15)3/h4-7,9-10H,8H2,1-3H3,(H,18,25)(H,19,20,26). The number of aromatic nitrogens is 5. The van der Waals surface area contributed by atoms with Crippen LogP contribution in [0.15, 0.2) is 29.6 Å². The maximum atomic E-state index is 12.3. The van der Waals surface area contributed by atoms with Crippen LogP contribution in [0.3, 0.4) is 0 Å². The molecule has 27 heavy (non-hydrogen) atoms. The average Bonchev–Trinajstić information content (AvgIpc) is 3.23. The zero-order chi connectivity index (χ0) is 19.4. The number of benzene rings is 1. The van der Waals surface area contributed by atoms with E-state index in [9.17, 15) is 9.59 Å². The Morgan fingerprint density at radius 3 is 2.78 bits per heavy atom. The van der Waals surface area contributed by atoms with Gasteiger partial charge in [-0.2, -0.15) is 0 Å². The van der Waals surface area contributed by atoms with E-state index >= 15 is 0 Å². The molecular formula is C17H19N7O2S. The molecule has 0 bridgehead atoms. The molecule has 140 valence electrons. The Morgan fingerprint density at radius 2 is 2.07 bits per heavy atom. The zero-order valence-electron chi connectivity index (χ0n) is 15.1. The van der Waals surface area contributed by atoms with Gasteiger partial charge in [0.25, 0.3) is 0 Å². The number of hydrogen-bond donors (Lipinski definition) is 2. The van der Waals surface area contributed by atoms with Gasteiger partial charge >= 0.3 is 0 Å². The Labute approximate surface area is 159 Å². The SMILES string of the molecule is CC(C)C(=O)Nc1nc(CC(=O)Nc2cccc(-c3nnnn3C)c2)cs1. The molecule has 0 atom stereocenters. The molecule has 0 aliphatic heterocycles. The van der Waals surface area contributed by atoms with Crippen molar-refractivity contribution in [3.63, 3.8) is 0 Å². The fourth-order valence-electron chi connectivity index (χ4n) is 2.28. The van der Waals surface area contributed by atoms with E-state index in [-0.39, 0.29) is 24.2 Å². The molecule has 2 aromatic heterocycles. The third kappa shape index (κ3) is 4.73. The Bertz CT molecular complexity index is 964. The highest BCUT2D eigenvalue weighted by atomic mass is 32.1. The monoisotopic (exact) mass is 385 g/mol. The second kappa shape index (κ2) is 8.04. The number of hydrogen-bond acceptors (Lipinski definition) is 7. The average molecular weight is 385 g/mol. The van der Waals surface area contributed by atoms with Crippen LogP contribution < -0.4 is 10.6 Å². The number of thiazole rings is 1. The summed E-state index contributed by atoms with van der Waals surface area (Å²) in [4.78, 5) is 28.3. The first-order chi connectivity index (χ1) is 12.9. The van der Waals surface area contributed by atoms with Gasteiger partial charge in [-0.15, -0.1) is 16.4 Å². The summed E-state index contributed by atoms with van der Waals surface area (Å²) in [5.74, 6) is 0.180. The number of tetrazole rings is 1. The van der Waals surface area contributed by atoms with Crippen LogP contribution in [-0.2, 0) is 23.1 Å². The molecule has 2 amide bonds. The lowest BCUT2D eigenvalue weighted by atomic mass is 10.2. The number of carbonyl (C=O) groups excluding carboxylic acids is 2. The summed E-state index contributed by atoms with van der Waals surface area (Å²) in [6.45, 7) is 3.62. The highest BCUT2D eigenvalue weighted by molar-refractivity contribution is 7.13. The van der Waals surface area contributed by atoms with Gasteiger partial charge < -0.3 is 10.6 Å². The van der Waals surface area contributed by atoms with E-state index in [1.807, 2.05) is 26.0 Å². The van der Waals surface area contributed by atoms with Crippen molar-refractivity contribution in [1.82, 2.24) is 25.2 Å². The molecule has 0 aliphatic carbocycles. The molecular weight excluding hydrogens is 366 g/mol. The van der Waals surface area contributed by atoms with Crippen LogP contribution in [0.4, 0.5) is 10.8 Å². The Kier molecular flexibility index (Phi) is 5.55. The van der Waals surface area contributed by atoms with Gasteiger partial charge in [-0.25, -0.2) is 9.67 Å². The number of aryl methyl sites for hydroxylation is 1. The fraction of sp³-hybridized carbons (Fsp3) is 0.294. The molecule has 3 aromatic rings. The number of rotatable bonds is 6. The van der Waals surface area contributed by atoms with Gasteiger partial charge in [0.05, 0.1) is 12.1 Å². The summed E-state index contributed by atoms with van der Waals surface area (Å²) >= 11 is 1.30. The van der Waals surface area contributed by atoms with Crippen molar-refractivity contribution in [1.29, 1.82) is 0 Å². The minimum absolute atomic E-state index is 0.101. The summed E-state index contributed by atoms with van der Waals surface area (Å²) in [5, 5.41) is 19.2. The summed E-state index contributed by atoms with van der Waals surface area (Å²) in [6, 6.07) is 7.28. The molecule has 10 heteroatoms. The first-order valence-electron chi connectivity index (χ1n) is 8.30. The first kappa shape index (κ1) is 18.6. The predicted octanol–water partition coefficient (Wildman–Crippen LogP) is 2.11. The third-order valence-electron chi connectivity index (χ3n) is 3.67. The van der Waals surface area contributed by atoms with Crippen molar-refractivity contribution in [2.45, 2.75) is 20.3 Å². The van der Waals surface area contributed by atoms with Gasteiger partial charge in [0, 0.05) is 29.6 Å². The molecule has 2 N–H and O–H groups in total. The molecule has 0 saturated carbocycles. The minimum Gasteiger partial charge on any atom is -0.326 e. The smallest absolute Gasteiger partial charge is 0.230 e. The third-order valence-corrected chi connectivity index (χ3v) is 4.48. The number of nitrogens with one attached hydrogen (secondary N) is 2. The number of carbonyl (C=O) groups is 2. The van der Waals surface area contributed by atoms with Gasteiger partial charge in [0.15, 0.2) is 11.0 Å². The van der Waals surface area contributed by atoms with Crippen molar-refractivity contribution in [3.8, 4) is 11.4 Å². The molecule has 0 saturated heterocycles. The lowest BCUT2D eigenvalue weighted by Crippen LogP contribution is -2.18. The van der Waals surface area contributed by atoms with Crippen LogP contribution in [0.25, 0.3) is 11.4 Å². The van der Waals surface area contributed by atoms with E-state index < -0.39 is 0 Å². The number of nitrogens with zero attached hydrogens (tertiary/aromatic N) is 5. The van der Waals surface area contributed by atoms with Crippen molar-refractivity contribution in [2.24, 2.45) is 13.0 Å². The molecule has 0 aliphatic rings. The van der Waals surface area contributed by atoms with Crippen LogP contribution in [0.5, 0.6) is 0 Å². The van der Waals surface area contributed by atoms with Crippen molar-refractivity contribution < 1.29 is 9.59 Å². The van der Waals surface area contributed by atoms with E-state index in [0.29, 0.717) is 22.3 Å². The highest BCUT2D eigenvalue weighted by Crippen LogP contribution is 2.20. The highest BCUT2D eigenvalue weighted by Gasteiger charge is 2.13. The predicted molar refractivity (Wildman–Crippen MR) is 102 cm³/mol. The van der Waals surface area contributed by atoms with E-state index in [2.05, 4.69) is 31.1 Å². The van der Waals surface area contributed by atoms with E-state index in [4.69, 9.17) is 0 Å². The second-order valence-corrected chi connectivity index (χ2v) is 7.08. The summed E-state index contributed by atoms with van der Waals surface area (Å²) in [7, 11) is 1.75. The molecule has 0 radical (unpaired) electrons. The molecule has 0 spiro atoms. The molecule has 0 fully saturated rings. The first-order valence-corrected chi connectivity index (χ1v) is 9.18. The lowest BCUT2D eigenvalue weighted by Gasteiger charge is -2.06. The van der Waals surface area contributed by atoms with Gasteiger partial charge in [-0.3, -0.25) is 9.59 Å². The van der Waals surface area contributed by atoms with Crippen LogP contribution in [0, 0.1) is 5.92 Å². The van der Waals surface area contributed by atoms with Gasteiger partial charge in [-0.05, 0) is 22.6 Å². The summed E-state index contributed by atoms with van der Waals surface area (Å²) in [5.41, 5.74) is 2.04. The normalized spacial score (nSPS) is 10.8. The summed E-state index contributed by atoms with van der Waals surface area (Å²) < 4.78 is 1.56. The van der Waals surface area contributed by atoms with Crippen molar-refractivity contribution in [3.05, 3.63) is 35.3 Å². The molecule has 1 aromatic carbocycles. The van der Waals surface area contributed by atoms with Crippen LogP contribution in [0.2, 0.25) is 0 Å². The quantitative estimate of drug-likeness (QED) is 0.672. The number of anilines is 2. The van der Waals surface area contributed by atoms with Crippen LogP contribution in [-0.4, -0.2) is 37.0 Å². The van der Waals surface area contributed by atoms with Gasteiger partial charge in [-0.1, -0.05) is 26.0 Å². The molecule has 9 nitrogen and oxygen atoms in total. The Hall–Kier alpha value is -3.14. The molecule has 2 heterocycles. The van der Waals surface area contributed by atoms with Crippen molar-refractivity contribution in [2.75, 3.05) is 10.6 Å². The molecule has 0 unspecified atom stereocenters. The largest absolute Gasteiger partial charge is 0.326 e. The Balaban J connectivity index is 1.62. The number of amides is 2. The Morgan fingerprint density at radius 1 is 1.26 bits per heavy atom. The van der Waals surface area contributed by atoms with E-state index in [1.165, 1.54) is 11.3 Å². The minimum atomic E-state index is -0.199. The lowest BCUT2D eigenvalue weighted by molar-refractivity contribution is -0.119. The van der Waals surface area contributed by atoms with E-state index in [1.54, 1.807) is 29.2 Å².